The maximum atomic E-state index is 11.7. The summed E-state index contributed by atoms with van der Waals surface area (Å²) >= 11 is 1.35. The highest BCUT2D eigenvalue weighted by Crippen LogP contribution is 2.25. The van der Waals surface area contributed by atoms with Crippen molar-refractivity contribution >= 4 is 16.8 Å². The quantitative estimate of drug-likeness (QED) is 0.0547. The molecule has 0 aromatic heterocycles. The fourth-order valence-electron chi connectivity index (χ4n) is 4.66. The monoisotopic (exact) mass is 615 g/mol. The van der Waals surface area contributed by atoms with E-state index in [1.807, 2.05) is 128 Å². The van der Waals surface area contributed by atoms with E-state index in [0.717, 1.165) is 22.3 Å². The van der Waals surface area contributed by atoms with Gasteiger partial charge >= 0.3 is 0 Å². The van der Waals surface area contributed by atoms with E-state index in [0.29, 0.717) is 17.4 Å². The molecule has 232 valence electrons. The number of ether oxygens (including phenoxy) is 4. The van der Waals surface area contributed by atoms with Gasteiger partial charge in [0.1, 0.15) is 29.5 Å². The van der Waals surface area contributed by atoms with Gasteiger partial charge in [-0.05, 0) is 28.0 Å². The SMILES string of the molecule is CCS/C(=N\O)[C@@H](OCc1ccccc1)[C@@H](OCc1ccccc1)[C@H](OCc1ccccc1)[C@H](O)COCc1ccccc1. The summed E-state index contributed by atoms with van der Waals surface area (Å²) in [6.07, 6.45) is -3.69. The number of thioether (sulfide) groups is 1. The van der Waals surface area contributed by atoms with Gasteiger partial charge in [0.25, 0.3) is 0 Å². The van der Waals surface area contributed by atoms with Crippen molar-refractivity contribution in [3.63, 3.8) is 0 Å². The van der Waals surface area contributed by atoms with Crippen molar-refractivity contribution < 1.29 is 29.3 Å². The normalized spacial score (nSPS) is 14.5. The van der Waals surface area contributed by atoms with E-state index in [1.165, 1.54) is 11.8 Å². The second-order valence-corrected chi connectivity index (χ2v) is 11.5. The van der Waals surface area contributed by atoms with Crippen molar-refractivity contribution in [1.29, 1.82) is 0 Å². The zero-order valence-electron chi connectivity index (χ0n) is 25.0. The van der Waals surface area contributed by atoms with Crippen LogP contribution in [0.25, 0.3) is 0 Å². The molecule has 0 aliphatic heterocycles. The lowest BCUT2D eigenvalue weighted by molar-refractivity contribution is -0.174. The Morgan fingerprint density at radius 1 is 0.614 bits per heavy atom. The Morgan fingerprint density at radius 3 is 1.45 bits per heavy atom. The molecule has 8 heteroatoms. The van der Waals surface area contributed by atoms with Crippen molar-refractivity contribution in [2.75, 3.05) is 12.4 Å². The lowest BCUT2D eigenvalue weighted by Gasteiger charge is -2.36. The maximum Gasteiger partial charge on any atom is 0.144 e. The highest BCUT2D eigenvalue weighted by Gasteiger charge is 2.40. The predicted molar refractivity (Wildman–Crippen MR) is 175 cm³/mol. The van der Waals surface area contributed by atoms with Gasteiger partial charge in [-0.3, -0.25) is 0 Å². The smallest absolute Gasteiger partial charge is 0.144 e. The van der Waals surface area contributed by atoms with E-state index in [-0.39, 0.29) is 26.4 Å². The Labute approximate surface area is 264 Å². The van der Waals surface area contributed by atoms with E-state index >= 15 is 0 Å². The highest BCUT2D eigenvalue weighted by atomic mass is 32.2. The van der Waals surface area contributed by atoms with E-state index in [9.17, 15) is 10.3 Å². The summed E-state index contributed by atoms with van der Waals surface area (Å²) in [4.78, 5) is 0. The molecule has 4 aromatic rings. The summed E-state index contributed by atoms with van der Waals surface area (Å²) < 4.78 is 25.5. The molecule has 4 rings (SSSR count). The molecule has 0 radical (unpaired) electrons. The minimum Gasteiger partial charge on any atom is -0.410 e. The zero-order valence-corrected chi connectivity index (χ0v) is 25.8. The molecule has 44 heavy (non-hydrogen) atoms. The lowest BCUT2D eigenvalue weighted by atomic mass is 10.0. The van der Waals surface area contributed by atoms with Crippen LogP contribution < -0.4 is 0 Å². The van der Waals surface area contributed by atoms with Crippen molar-refractivity contribution in [3.8, 4) is 0 Å². The van der Waals surface area contributed by atoms with Gasteiger partial charge in [-0.15, -0.1) is 11.8 Å². The Balaban J connectivity index is 1.64. The Bertz CT molecular complexity index is 1340. The van der Waals surface area contributed by atoms with E-state index in [1.54, 1.807) is 0 Å². The van der Waals surface area contributed by atoms with Crippen LogP contribution in [0.4, 0.5) is 0 Å². The van der Waals surface area contributed by atoms with E-state index in [4.69, 9.17) is 18.9 Å². The van der Waals surface area contributed by atoms with Crippen LogP contribution in [0, 0.1) is 0 Å². The predicted octanol–water partition coefficient (Wildman–Crippen LogP) is 6.86. The molecule has 0 saturated carbocycles. The van der Waals surface area contributed by atoms with Crippen LogP contribution in [0.1, 0.15) is 29.2 Å². The number of aliphatic hydroxyl groups excluding tert-OH is 1. The molecular weight excluding hydrogens is 574 g/mol. The van der Waals surface area contributed by atoms with Gasteiger partial charge in [-0.1, -0.05) is 133 Å². The first-order valence-corrected chi connectivity index (χ1v) is 15.8. The van der Waals surface area contributed by atoms with Gasteiger partial charge in [0.2, 0.25) is 0 Å². The number of hydrogen-bond acceptors (Lipinski definition) is 8. The third kappa shape index (κ3) is 10.9. The second-order valence-electron chi connectivity index (χ2n) is 10.2. The molecule has 0 fully saturated rings. The van der Waals surface area contributed by atoms with Crippen molar-refractivity contribution in [2.45, 2.75) is 57.8 Å². The van der Waals surface area contributed by atoms with Crippen LogP contribution >= 0.6 is 11.8 Å². The fourth-order valence-corrected chi connectivity index (χ4v) is 5.38. The van der Waals surface area contributed by atoms with Crippen molar-refractivity contribution in [1.82, 2.24) is 0 Å². The van der Waals surface area contributed by atoms with Gasteiger partial charge in [0, 0.05) is 0 Å². The van der Waals surface area contributed by atoms with Gasteiger partial charge < -0.3 is 29.3 Å². The topological polar surface area (TPSA) is 89.7 Å². The molecule has 4 atom stereocenters. The zero-order chi connectivity index (χ0) is 30.8. The van der Waals surface area contributed by atoms with Crippen LogP contribution in [0.15, 0.2) is 126 Å². The molecule has 0 bridgehead atoms. The number of aliphatic hydroxyl groups is 1. The molecule has 0 aliphatic rings. The molecule has 7 nitrogen and oxygen atoms in total. The summed E-state index contributed by atoms with van der Waals surface area (Å²) in [6, 6.07) is 39.1. The fraction of sp³-hybridized carbons (Fsp3) is 0.306. The van der Waals surface area contributed by atoms with E-state index in [2.05, 4.69) is 5.16 Å². The Kier molecular flexibility index (Phi) is 14.4. The second kappa shape index (κ2) is 19.0. The highest BCUT2D eigenvalue weighted by molar-refractivity contribution is 8.14. The third-order valence-electron chi connectivity index (χ3n) is 6.88. The summed E-state index contributed by atoms with van der Waals surface area (Å²) in [7, 11) is 0. The van der Waals surface area contributed by atoms with Gasteiger partial charge in [0.15, 0.2) is 0 Å². The molecule has 4 aromatic carbocycles. The first-order chi connectivity index (χ1) is 21.7. The Hall–Kier alpha value is -3.50. The summed E-state index contributed by atoms with van der Waals surface area (Å²) in [5, 5.41) is 25.8. The summed E-state index contributed by atoms with van der Waals surface area (Å²) in [5.41, 5.74) is 3.84. The first-order valence-electron chi connectivity index (χ1n) is 14.8. The first kappa shape index (κ1) is 33.4. The van der Waals surface area contributed by atoms with Crippen LogP contribution in [0.3, 0.4) is 0 Å². The van der Waals surface area contributed by atoms with Crippen molar-refractivity contribution in [3.05, 3.63) is 144 Å². The maximum absolute atomic E-state index is 11.7. The van der Waals surface area contributed by atoms with Crippen LogP contribution in [0.5, 0.6) is 0 Å². The minimum atomic E-state index is -1.09. The molecule has 0 heterocycles. The molecule has 0 spiro atoms. The summed E-state index contributed by atoms with van der Waals surface area (Å²) in [5.74, 6) is 0.647. The van der Waals surface area contributed by atoms with Crippen LogP contribution in [-0.2, 0) is 45.4 Å². The molecule has 0 unspecified atom stereocenters. The minimum absolute atomic E-state index is 0.00251. The van der Waals surface area contributed by atoms with Crippen LogP contribution in [-0.4, -0.2) is 52.1 Å². The molecular formula is C36H41NO6S. The van der Waals surface area contributed by atoms with E-state index < -0.39 is 24.4 Å². The third-order valence-corrected chi connectivity index (χ3v) is 7.78. The van der Waals surface area contributed by atoms with Gasteiger partial charge in [-0.25, -0.2) is 0 Å². The molecule has 2 N–H and O–H groups in total. The molecule has 0 saturated heterocycles. The van der Waals surface area contributed by atoms with Crippen LogP contribution in [0.2, 0.25) is 0 Å². The number of nitrogens with zero attached hydrogens (tertiary/aromatic N) is 1. The average Bonchev–Trinajstić information content (AvgIpc) is 3.08. The number of benzene rings is 4. The Morgan fingerprint density at radius 2 is 1.02 bits per heavy atom. The van der Waals surface area contributed by atoms with Gasteiger partial charge in [-0.2, -0.15) is 0 Å². The van der Waals surface area contributed by atoms with Crippen molar-refractivity contribution in [2.24, 2.45) is 5.16 Å². The molecule has 0 aliphatic carbocycles. The number of rotatable bonds is 18. The number of oxime groups is 1. The largest absolute Gasteiger partial charge is 0.410 e. The number of hydrogen-bond donors (Lipinski definition) is 2. The molecule has 0 amide bonds. The summed E-state index contributed by atoms with van der Waals surface area (Å²) in [6.45, 7) is 3.00. The lowest BCUT2D eigenvalue weighted by Crippen LogP contribution is -2.52. The van der Waals surface area contributed by atoms with Gasteiger partial charge in [0.05, 0.1) is 33.0 Å². The average molecular weight is 616 g/mol. The standard InChI is InChI=1S/C36H41NO6S/c1-2-44-36(37-39)35(43-26-31-21-13-6-14-22-31)34(42-25-30-19-11-5-12-20-30)33(41-24-29-17-9-4-10-18-29)32(38)27-40-23-28-15-7-3-8-16-28/h3-22,32-35,38-39H,2,23-27H2,1H3/b37-36-/t32-,33-,34+,35+/m1/s1.